The first-order valence-electron chi connectivity index (χ1n) is 16.3. The third-order valence-electron chi connectivity index (χ3n) is 10.7. The molecule has 274 valence electrons. The molecule has 0 N–H and O–H groups in total. The predicted molar refractivity (Wildman–Crippen MR) is 170 cm³/mol. The summed E-state index contributed by atoms with van der Waals surface area (Å²) in [6.45, 7) is 7.38. The summed E-state index contributed by atoms with van der Waals surface area (Å²) in [5.41, 5.74) is -8.06. The van der Waals surface area contributed by atoms with Gasteiger partial charge in [0.25, 0.3) is 0 Å². The fraction of sp³-hybridized carbons (Fsp3) is 0.588. The van der Waals surface area contributed by atoms with E-state index in [2.05, 4.69) is 0 Å². The van der Waals surface area contributed by atoms with E-state index in [1.807, 2.05) is 27.7 Å². The third kappa shape index (κ3) is 6.65. The average molecular weight is 734 g/mol. The standard InChI is InChI=1S/C34H39BF7NO6S/c1-29(2)30(3,4)49-35(48-29)25-7-6-8-26(19-25)50(46)31(23-13-15-24(16-14-23)32(36,33(37,38)39)34(40,41)42)17-18-43(20-31)27(44)21-9-11-22(12-10-21)28(45)47-5/h6-8,13-16,19,21-22H,9-12,17-18,20H2,1-5H3. The summed E-state index contributed by atoms with van der Waals surface area (Å²) in [4.78, 5) is 27.5. The second kappa shape index (κ2) is 13.3. The number of benzene rings is 2. The van der Waals surface area contributed by atoms with Crippen LogP contribution < -0.4 is 5.46 Å². The van der Waals surface area contributed by atoms with Crippen LogP contribution in [0.5, 0.6) is 0 Å². The van der Waals surface area contributed by atoms with Gasteiger partial charge < -0.3 is 23.5 Å². The van der Waals surface area contributed by atoms with E-state index in [0.29, 0.717) is 43.3 Å². The number of hydrogen-bond donors (Lipinski definition) is 0. The fourth-order valence-corrected chi connectivity index (χ4v) is 8.73. The highest BCUT2D eigenvalue weighted by molar-refractivity contribution is 7.92. The molecular weight excluding hydrogens is 694 g/mol. The quantitative estimate of drug-likeness (QED) is 0.140. The zero-order chi connectivity index (χ0) is 37.1. The van der Waals surface area contributed by atoms with Crippen molar-refractivity contribution in [2.45, 2.75) is 98.7 Å². The Labute approximate surface area is 289 Å². The summed E-state index contributed by atoms with van der Waals surface area (Å²) >= 11 is -2.04. The molecule has 2 aromatic carbocycles. The lowest BCUT2D eigenvalue weighted by Gasteiger charge is -2.34. The lowest BCUT2D eigenvalue weighted by atomic mass is 9.79. The summed E-state index contributed by atoms with van der Waals surface area (Å²) < 4.78 is 127. The van der Waals surface area contributed by atoms with Crippen LogP contribution in [0.4, 0.5) is 30.7 Å². The molecule has 16 heteroatoms. The fourth-order valence-electron chi connectivity index (χ4n) is 6.94. The number of amides is 1. The lowest BCUT2D eigenvalue weighted by Crippen LogP contribution is -2.50. The Morgan fingerprint density at radius 3 is 1.94 bits per heavy atom. The van der Waals surface area contributed by atoms with Gasteiger partial charge >= 0.3 is 31.1 Å². The van der Waals surface area contributed by atoms with E-state index >= 15 is 0 Å². The Hall–Kier alpha value is -2.82. The molecule has 7 nitrogen and oxygen atoms in total. The van der Waals surface area contributed by atoms with E-state index < -0.39 is 63.7 Å². The molecule has 0 bridgehead atoms. The number of ether oxygens (including phenoxy) is 1. The van der Waals surface area contributed by atoms with E-state index in [1.54, 1.807) is 24.3 Å². The van der Waals surface area contributed by atoms with Crippen molar-refractivity contribution in [2.24, 2.45) is 11.8 Å². The van der Waals surface area contributed by atoms with Gasteiger partial charge in [0.1, 0.15) is 0 Å². The van der Waals surface area contributed by atoms with Crippen LogP contribution in [0.25, 0.3) is 0 Å². The van der Waals surface area contributed by atoms with E-state index in [4.69, 9.17) is 14.0 Å². The predicted octanol–water partition coefficient (Wildman–Crippen LogP) is 6.49. The number of carbonyl (C=O) groups is 2. The second-order valence-electron chi connectivity index (χ2n) is 14.2. The van der Waals surface area contributed by atoms with E-state index in [0.717, 1.165) is 12.1 Å². The Morgan fingerprint density at radius 1 is 0.880 bits per heavy atom. The minimum absolute atomic E-state index is 0.0439. The minimum atomic E-state index is -6.30. The number of esters is 1. The van der Waals surface area contributed by atoms with E-state index in [-0.39, 0.29) is 47.8 Å². The van der Waals surface area contributed by atoms with Crippen molar-refractivity contribution in [3.63, 3.8) is 0 Å². The molecule has 0 aromatic heterocycles. The van der Waals surface area contributed by atoms with Gasteiger partial charge in [0.05, 0.1) is 30.8 Å². The molecule has 2 unspecified atom stereocenters. The molecule has 0 spiro atoms. The normalized spacial score (nSPS) is 26.2. The highest BCUT2D eigenvalue weighted by Crippen LogP contribution is 2.54. The number of carbonyl (C=O) groups excluding carboxylic acids is 2. The lowest BCUT2D eigenvalue weighted by molar-refractivity contribution is -0.348. The molecule has 2 aliphatic heterocycles. The van der Waals surface area contributed by atoms with Crippen LogP contribution >= 0.6 is 0 Å². The Morgan fingerprint density at radius 2 is 1.42 bits per heavy atom. The SMILES string of the molecule is COC(=O)C1CCC(C(=O)N2CCC(c3ccc(C(F)(C(F)(F)F)C(F)(F)F)cc3)([S+]([O-])c3cccc(B4OC(C)(C)C(C)(C)O4)c3)C2)CC1. The van der Waals surface area contributed by atoms with Crippen molar-refractivity contribution in [2.75, 3.05) is 20.2 Å². The van der Waals surface area contributed by atoms with Gasteiger partial charge in [0, 0.05) is 30.0 Å². The van der Waals surface area contributed by atoms with Gasteiger partial charge in [-0.15, -0.1) is 0 Å². The molecule has 2 saturated heterocycles. The van der Waals surface area contributed by atoms with Crippen molar-refractivity contribution in [1.82, 2.24) is 4.90 Å². The monoisotopic (exact) mass is 733 g/mol. The summed E-state index contributed by atoms with van der Waals surface area (Å²) in [5, 5.41) is 0. The first-order valence-corrected chi connectivity index (χ1v) is 17.4. The summed E-state index contributed by atoms with van der Waals surface area (Å²) in [6.07, 6.45) is -10.9. The van der Waals surface area contributed by atoms with Crippen LogP contribution in [0.3, 0.4) is 0 Å². The van der Waals surface area contributed by atoms with Crippen molar-refractivity contribution in [3.8, 4) is 0 Å². The average Bonchev–Trinajstić information content (AvgIpc) is 3.61. The number of likely N-dealkylation sites (tertiary alicyclic amines) is 1. The molecule has 0 radical (unpaired) electrons. The van der Waals surface area contributed by atoms with E-state index in [1.165, 1.54) is 12.0 Å². The topological polar surface area (TPSA) is 88.1 Å². The van der Waals surface area contributed by atoms with Crippen LogP contribution in [-0.2, 0) is 45.2 Å². The Balaban J connectivity index is 1.50. The van der Waals surface area contributed by atoms with Gasteiger partial charge in [-0.25, -0.2) is 4.39 Å². The molecule has 1 saturated carbocycles. The van der Waals surface area contributed by atoms with Gasteiger partial charge in [-0.2, -0.15) is 26.3 Å². The number of nitrogens with zero attached hydrogens (tertiary/aromatic N) is 1. The zero-order valence-electron chi connectivity index (χ0n) is 28.3. The largest absolute Gasteiger partial charge is 0.611 e. The number of alkyl halides is 7. The maximum absolute atomic E-state index is 14.9. The molecule has 2 aromatic rings. The highest BCUT2D eigenvalue weighted by Gasteiger charge is 2.73. The number of methoxy groups -OCH3 is 1. The summed E-state index contributed by atoms with van der Waals surface area (Å²) in [6, 6.07) is 9.19. The molecule has 1 amide bonds. The maximum atomic E-state index is 14.9. The first-order chi connectivity index (χ1) is 23.1. The summed E-state index contributed by atoms with van der Waals surface area (Å²) in [7, 11) is 0.470. The van der Waals surface area contributed by atoms with Crippen molar-refractivity contribution >= 4 is 35.6 Å². The minimum Gasteiger partial charge on any atom is -0.611 e. The zero-order valence-corrected chi connectivity index (χ0v) is 29.1. The molecule has 5 rings (SSSR count). The summed E-state index contributed by atoms with van der Waals surface area (Å²) in [5.74, 6) is -1.39. The number of hydrogen-bond acceptors (Lipinski definition) is 6. The molecule has 2 heterocycles. The molecule has 1 aliphatic carbocycles. The molecule has 50 heavy (non-hydrogen) atoms. The van der Waals surface area contributed by atoms with Crippen molar-refractivity contribution in [3.05, 3.63) is 59.7 Å². The van der Waals surface area contributed by atoms with Crippen molar-refractivity contribution < 1.29 is 58.9 Å². The molecular formula is C34H39BF7NO6S. The van der Waals surface area contributed by atoms with E-state index in [9.17, 15) is 44.9 Å². The number of halogens is 7. The number of rotatable bonds is 7. The third-order valence-corrected chi connectivity index (χ3v) is 12.7. The van der Waals surface area contributed by atoms with Crippen LogP contribution in [0.2, 0.25) is 0 Å². The maximum Gasteiger partial charge on any atom is 0.495 e. The van der Waals surface area contributed by atoms with Gasteiger partial charge in [0.15, 0.2) is 9.64 Å². The van der Waals surface area contributed by atoms with Gasteiger partial charge in [-0.05, 0) is 82.1 Å². The molecule has 3 aliphatic rings. The van der Waals surface area contributed by atoms with Crippen LogP contribution in [-0.4, -0.2) is 72.2 Å². The van der Waals surface area contributed by atoms with Gasteiger partial charge in [-0.1, -0.05) is 36.4 Å². The first kappa shape index (κ1) is 38.4. The highest BCUT2D eigenvalue weighted by atomic mass is 32.2. The van der Waals surface area contributed by atoms with Gasteiger partial charge in [0.2, 0.25) is 5.91 Å². The molecule has 2 atom stereocenters. The van der Waals surface area contributed by atoms with Crippen molar-refractivity contribution in [1.29, 1.82) is 0 Å². The van der Waals surface area contributed by atoms with Crippen LogP contribution in [0, 0.1) is 11.8 Å². The van der Waals surface area contributed by atoms with Crippen LogP contribution in [0.1, 0.15) is 70.9 Å². The van der Waals surface area contributed by atoms with Gasteiger partial charge in [-0.3, -0.25) is 9.59 Å². The Kier molecular flexibility index (Phi) is 10.2. The van der Waals surface area contributed by atoms with Crippen LogP contribution in [0.15, 0.2) is 53.4 Å². The second-order valence-corrected chi connectivity index (χ2v) is 16.0. The molecule has 3 fully saturated rings. The Bertz CT molecular complexity index is 1550. The smallest absolute Gasteiger partial charge is 0.495 e.